The number of rotatable bonds is 20. The summed E-state index contributed by atoms with van der Waals surface area (Å²) in [5.41, 5.74) is 0. The Morgan fingerprint density at radius 1 is 0.325 bits per heavy atom. The van der Waals surface area contributed by atoms with E-state index in [9.17, 15) is 43.3 Å². The van der Waals surface area contributed by atoms with E-state index in [0.29, 0.717) is 36.5 Å². The van der Waals surface area contributed by atoms with Crippen molar-refractivity contribution in [2.75, 3.05) is 26.4 Å². The molecule has 18 nitrogen and oxygen atoms in total. The van der Waals surface area contributed by atoms with E-state index in [-0.39, 0.29) is 94.8 Å². The highest BCUT2D eigenvalue weighted by molar-refractivity contribution is 7.88. The van der Waals surface area contributed by atoms with E-state index in [2.05, 4.69) is 0 Å². The Balaban J connectivity index is 0.00000138. The summed E-state index contributed by atoms with van der Waals surface area (Å²) in [7, 11) is -19.7. The van der Waals surface area contributed by atoms with Crippen LogP contribution in [0.15, 0.2) is 117 Å². The van der Waals surface area contributed by atoms with Gasteiger partial charge in [0.05, 0.1) is 26.4 Å². The lowest BCUT2D eigenvalue weighted by atomic mass is 10.1. The molecule has 80 heavy (non-hydrogen) atoms. The monoisotopic (exact) mass is 1180 g/mol. The van der Waals surface area contributed by atoms with Crippen LogP contribution in [-0.2, 0) is 50.1 Å². The fourth-order valence-electron chi connectivity index (χ4n) is 7.71. The van der Waals surface area contributed by atoms with Gasteiger partial charge in [-0.2, -0.15) is 33.7 Å². The van der Waals surface area contributed by atoms with Crippen molar-refractivity contribution < 1.29 is 78.9 Å². The van der Waals surface area contributed by atoms with E-state index in [4.69, 9.17) is 35.7 Å². The molecule has 0 saturated heterocycles. The van der Waals surface area contributed by atoms with Gasteiger partial charge in [0.15, 0.2) is 0 Å². The summed E-state index contributed by atoms with van der Waals surface area (Å²) < 4.78 is 163. The number of hydrogen-bond acceptors (Lipinski definition) is 18. The summed E-state index contributed by atoms with van der Waals surface area (Å²) >= 11 is 0. The molecule has 1 aliphatic rings. The minimum Gasteiger partial charge on any atom is -0.492 e. The van der Waals surface area contributed by atoms with Crippen molar-refractivity contribution in [3.05, 3.63) is 97.1 Å². The fourth-order valence-corrected chi connectivity index (χ4v) is 12.2. The summed E-state index contributed by atoms with van der Waals surface area (Å²) in [4.78, 5) is 16.4. The number of hydrogen-bond donors (Lipinski definition) is 0. The van der Waals surface area contributed by atoms with Crippen molar-refractivity contribution in [1.82, 2.24) is 0 Å². The predicted molar refractivity (Wildman–Crippen MR) is 305 cm³/mol. The molecule has 0 amide bonds. The van der Waals surface area contributed by atoms with Crippen molar-refractivity contribution in [3.8, 4) is 46.0 Å². The van der Waals surface area contributed by atoms with Crippen molar-refractivity contribution >= 4 is 73.6 Å². The van der Waals surface area contributed by atoms with E-state index in [1.165, 1.54) is 113 Å². The van der Waals surface area contributed by atoms with Gasteiger partial charge in [-0.05, 0) is 136 Å². The molecule has 0 atom stereocenters. The van der Waals surface area contributed by atoms with Crippen molar-refractivity contribution in [2.45, 2.75) is 152 Å². The van der Waals surface area contributed by atoms with Crippen molar-refractivity contribution in [3.63, 3.8) is 0 Å². The molecule has 0 N–H and O–H groups in total. The lowest BCUT2D eigenvalue weighted by Gasteiger charge is -2.19. The summed E-state index contributed by atoms with van der Waals surface area (Å²) in [5, 5.41) is 1.60. The van der Waals surface area contributed by atoms with Gasteiger partial charge in [-0.3, -0.25) is 0 Å². The highest BCUT2D eigenvalue weighted by atomic mass is 32.2. The first kappa shape index (κ1) is 64.2. The van der Waals surface area contributed by atoms with Crippen LogP contribution >= 0.6 is 0 Å². The van der Waals surface area contributed by atoms with E-state index >= 15 is 0 Å². The van der Waals surface area contributed by atoms with Gasteiger partial charge in [0.2, 0.25) is 0 Å². The second-order valence-electron chi connectivity index (χ2n) is 19.0. The molecule has 0 radical (unpaired) electrons. The molecule has 1 heterocycles. The van der Waals surface area contributed by atoms with Crippen LogP contribution in [0.3, 0.4) is 0 Å². The molecule has 6 aromatic carbocycles. The molecule has 1 aliphatic heterocycles. The third-order valence-electron chi connectivity index (χ3n) is 11.5. The Morgan fingerprint density at radius 3 is 0.738 bits per heavy atom. The van der Waals surface area contributed by atoms with Crippen LogP contribution in [0, 0.1) is 0 Å². The lowest BCUT2D eigenvalue weighted by molar-refractivity contribution is -0.115. The Hall–Kier alpha value is -6.62. The first-order chi connectivity index (χ1) is 37.9. The first-order valence-corrected chi connectivity index (χ1v) is 32.2. The molecule has 0 fully saturated rings. The number of benzene rings is 6. The highest BCUT2D eigenvalue weighted by Gasteiger charge is 2.34. The summed E-state index contributed by atoms with van der Waals surface area (Å²) in [6, 6.07) is 21.1. The zero-order chi connectivity index (χ0) is 58.7. The average molecular weight is 1190 g/mol. The number of unbranched alkanes of at least 4 members (excludes halogenated alkanes) is 8. The standard InChI is InChI=1S/C52H60O16S4.2C3H6O/c1-5-9-13-25-61-45-33-46(62-26-14-10-6-2)50-35-49(45)69(53,54)65-41-21-17-37-19-23-43(30-39(37)29-41)67-71(57,58)51-36-52(48(64-28-16-12-8-4)34-47(51)63-27-15-11-7-3)72(59,60)68-44-24-20-38-18-22-42(31-40(38)32-44)66-70(50,55)56;2*1-3(2)4/h17-24,29-36H,5-16,25-28H2,1-4H3;2*1-2H3. The van der Waals surface area contributed by atoms with Gasteiger partial charge in [0.25, 0.3) is 0 Å². The molecule has 0 unspecified atom stereocenters. The van der Waals surface area contributed by atoms with Crippen LogP contribution in [0.25, 0.3) is 21.5 Å². The normalized spacial score (nSPS) is 14.6. The molecule has 22 heteroatoms. The van der Waals surface area contributed by atoms with Crippen LogP contribution in [0.5, 0.6) is 46.0 Å². The van der Waals surface area contributed by atoms with Crippen LogP contribution in [0.2, 0.25) is 0 Å². The van der Waals surface area contributed by atoms with Gasteiger partial charge in [-0.25, -0.2) is 0 Å². The zero-order valence-corrected chi connectivity index (χ0v) is 49.8. The van der Waals surface area contributed by atoms with Crippen molar-refractivity contribution in [2.24, 2.45) is 0 Å². The van der Waals surface area contributed by atoms with E-state index in [1.807, 2.05) is 27.7 Å². The molecule has 10 bridgehead atoms. The molecular weight excluding hydrogens is 1110 g/mol. The lowest BCUT2D eigenvalue weighted by Crippen LogP contribution is -2.17. The topological polar surface area (TPSA) is 245 Å². The van der Waals surface area contributed by atoms with Gasteiger partial charge in [-0.1, -0.05) is 103 Å². The number of ether oxygens (including phenoxy) is 4. The largest absolute Gasteiger partial charge is 0.492 e. The minimum atomic E-state index is -4.92. The smallest absolute Gasteiger partial charge is 0.342 e. The summed E-state index contributed by atoms with van der Waals surface area (Å²) in [6.45, 7) is 14.4. The number of ketones is 2. The molecule has 0 saturated carbocycles. The molecule has 6 aromatic rings. The number of carbonyl (C=O) groups excluding carboxylic acids is 2. The van der Waals surface area contributed by atoms with Gasteiger partial charge in [0, 0.05) is 12.1 Å². The molecular formula is C58H72O18S4. The second-order valence-corrected chi connectivity index (χ2v) is 25.1. The Bertz CT molecular complexity index is 3110. The SMILES string of the molecule is CC(C)=O.CC(C)=O.CCCCCOc1cc(OCCCCC)c2cc1S(=O)(=O)Oc1ccc3ccc(cc3c1)OS(=O)(=O)c1cc(c(OCCCCC)cc1OCCCCC)S(=O)(=O)Oc1ccc3ccc(cc3c1)OS2(=O)=O. The van der Waals surface area contributed by atoms with Crippen LogP contribution in [-0.4, -0.2) is 71.7 Å². The third kappa shape index (κ3) is 18.7. The van der Waals surface area contributed by atoms with Gasteiger partial charge < -0.3 is 45.3 Å². The average Bonchev–Trinajstić information content (AvgIpc) is 3.37. The summed E-state index contributed by atoms with van der Waals surface area (Å²) in [5.74, 6) is -1.46. The molecule has 0 spiro atoms. The van der Waals surface area contributed by atoms with Crippen LogP contribution in [0.1, 0.15) is 132 Å². The minimum absolute atomic E-state index is 0.0880. The maximum atomic E-state index is 14.5. The fraction of sp³-hybridized carbons (Fsp3) is 0.414. The van der Waals surface area contributed by atoms with Gasteiger partial charge in [0.1, 0.15) is 77.1 Å². The zero-order valence-electron chi connectivity index (χ0n) is 46.5. The molecule has 436 valence electrons. The maximum absolute atomic E-state index is 14.5. The molecule has 0 aliphatic carbocycles. The quantitative estimate of drug-likeness (QED) is 0.0509. The second kappa shape index (κ2) is 29.7. The van der Waals surface area contributed by atoms with Crippen LogP contribution in [0.4, 0.5) is 0 Å². The van der Waals surface area contributed by atoms with E-state index in [0.717, 1.165) is 63.5 Å². The van der Waals surface area contributed by atoms with Gasteiger partial charge in [-0.15, -0.1) is 0 Å². The summed E-state index contributed by atoms with van der Waals surface area (Å²) in [6.07, 6.45) is 8.71. The van der Waals surface area contributed by atoms with Crippen molar-refractivity contribution in [1.29, 1.82) is 0 Å². The molecule has 0 aromatic heterocycles. The Kier molecular flexibility index (Phi) is 23.9. The maximum Gasteiger partial charge on any atom is 0.342 e. The Morgan fingerprint density at radius 2 is 0.537 bits per heavy atom. The number of Topliss-reactive ketones (excluding diaryl/α,β-unsaturated/α-hetero) is 2. The van der Waals surface area contributed by atoms with Gasteiger partial charge >= 0.3 is 40.5 Å². The number of fused-ring (bicyclic) bond motifs is 8. The van der Waals surface area contributed by atoms with E-state index in [1.54, 1.807) is 0 Å². The van der Waals surface area contributed by atoms with Crippen LogP contribution < -0.4 is 35.7 Å². The Labute approximate surface area is 471 Å². The highest BCUT2D eigenvalue weighted by Crippen LogP contribution is 2.41. The number of carbonyl (C=O) groups is 2. The predicted octanol–water partition coefficient (Wildman–Crippen LogP) is 12.8. The first-order valence-electron chi connectivity index (χ1n) is 26.6. The van der Waals surface area contributed by atoms with E-state index < -0.39 is 60.1 Å². The molecule has 7 rings (SSSR count). The third-order valence-corrected chi connectivity index (χ3v) is 16.6.